The average Bonchev–Trinajstić information content (AvgIpc) is 2.25. The first kappa shape index (κ1) is 12.7. The largest absolute Gasteiger partial charge is 0.313 e. The van der Waals surface area contributed by atoms with Crippen molar-refractivity contribution >= 4 is 15.9 Å². The summed E-state index contributed by atoms with van der Waals surface area (Å²) in [7, 11) is 0. The maximum atomic E-state index is 3.42. The van der Waals surface area contributed by atoms with Gasteiger partial charge in [-0.05, 0) is 30.0 Å². The molecule has 0 atom stereocenters. The van der Waals surface area contributed by atoms with Crippen molar-refractivity contribution in [2.24, 2.45) is 0 Å². The summed E-state index contributed by atoms with van der Waals surface area (Å²) in [6, 6.07) is 8.89. The van der Waals surface area contributed by atoms with Crippen molar-refractivity contribution in [2.45, 2.75) is 32.7 Å². The fourth-order valence-electron chi connectivity index (χ4n) is 1.44. The molecule has 0 saturated heterocycles. The van der Waals surface area contributed by atoms with E-state index in [1.807, 2.05) is 0 Å². The zero-order valence-corrected chi connectivity index (χ0v) is 11.2. The van der Waals surface area contributed by atoms with Crippen LogP contribution in [-0.4, -0.2) is 11.9 Å². The van der Waals surface area contributed by atoms with E-state index in [2.05, 4.69) is 59.4 Å². The summed E-state index contributed by atoms with van der Waals surface area (Å²) >= 11 is 3.42. The molecule has 84 valence electrons. The van der Waals surface area contributed by atoms with E-state index >= 15 is 0 Å². The third-order valence-corrected chi connectivity index (χ3v) is 3.02. The van der Waals surface area contributed by atoms with Gasteiger partial charge in [0.05, 0.1) is 0 Å². The number of benzene rings is 1. The topological polar surface area (TPSA) is 12.0 Å². The van der Waals surface area contributed by atoms with Crippen LogP contribution in [0.15, 0.2) is 24.3 Å². The first-order chi connectivity index (χ1) is 7.24. The summed E-state index contributed by atoms with van der Waals surface area (Å²) in [5.74, 6) is 0.625. The molecule has 0 aliphatic rings. The van der Waals surface area contributed by atoms with Gasteiger partial charge in [0, 0.05) is 11.9 Å². The second kappa shape index (κ2) is 7.02. The van der Waals surface area contributed by atoms with E-state index in [4.69, 9.17) is 0 Å². The molecule has 1 aromatic rings. The Balaban J connectivity index is 2.36. The van der Waals surface area contributed by atoms with E-state index in [0.29, 0.717) is 5.92 Å². The van der Waals surface area contributed by atoms with Crippen molar-refractivity contribution in [1.29, 1.82) is 0 Å². The summed E-state index contributed by atoms with van der Waals surface area (Å²) < 4.78 is 0. The van der Waals surface area contributed by atoms with Crippen molar-refractivity contribution in [1.82, 2.24) is 5.32 Å². The fourth-order valence-corrected chi connectivity index (χ4v) is 1.73. The van der Waals surface area contributed by atoms with Crippen LogP contribution in [0.3, 0.4) is 0 Å². The van der Waals surface area contributed by atoms with Crippen LogP contribution in [0.4, 0.5) is 0 Å². The minimum absolute atomic E-state index is 0.625. The number of rotatable bonds is 6. The van der Waals surface area contributed by atoms with Gasteiger partial charge in [0.25, 0.3) is 0 Å². The SMILES string of the molecule is CC(C)c1ccc(CNCCCBr)cc1. The maximum Gasteiger partial charge on any atom is 0.0205 e. The molecule has 0 unspecified atom stereocenters. The molecule has 0 heterocycles. The van der Waals surface area contributed by atoms with Crippen LogP contribution in [-0.2, 0) is 6.54 Å². The number of hydrogen-bond acceptors (Lipinski definition) is 1. The Bertz CT molecular complexity index is 266. The van der Waals surface area contributed by atoms with Gasteiger partial charge in [-0.25, -0.2) is 0 Å². The minimum atomic E-state index is 0.625. The lowest BCUT2D eigenvalue weighted by Gasteiger charge is -2.07. The van der Waals surface area contributed by atoms with Crippen molar-refractivity contribution in [2.75, 3.05) is 11.9 Å². The summed E-state index contributed by atoms with van der Waals surface area (Å²) in [6.07, 6.45) is 1.18. The molecule has 2 heteroatoms. The Morgan fingerprint density at radius 1 is 1.20 bits per heavy atom. The number of alkyl halides is 1. The highest BCUT2D eigenvalue weighted by Crippen LogP contribution is 2.14. The zero-order valence-electron chi connectivity index (χ0n) is 9.59. The Kier molecular flexibility index (Phi) is 5.96. The fraction of sp³-hybridized carbons (Fsp3) is 0.538. The molecule has 0 spiro atoms. The molecule has 1 N–H and O–H groups in total. The van der Waals surface area contributed by atoms with Gasteiger partial charge in [-0.2, -0.15) is 0 Å². The molecule has 0 aliphatic carbocycles. The third kappa shape index (κ3) is 4.80. The maximum absolute atomic E-state index is 3.42. The molecular formula is C13H20BrN. The average molecular weight is 270 g/mol. The van der Waals surface area contributed by atoms with E-state index in [0.717, 1.165) is 18.4 Å². The van der Waals surface area contributed by atoms with Crippen LogP contribution in [0.2, 0.25) is 0 Å². The Hall–Kier alpha value is -0.340. The van der Waals surface area contributed by atoms with Crippen LogP contribution in [0.25, 0.3) is 0 Å². The first-order valence-electron chi connectivity index (χ1n) is 5.59. The van der Waals surface area contributed by atoms with E-state index in [1.165, 1.54) is 17.5 Å². The smallest absolute Gasteiger partial charge is 0.0205 e. The molecule has 0 amide bonds. The van der Waals surface area contributed by atoms with Gasteiger partial charge in [0.15, 0.2) is 0 Å². The van der Waals surface area contributed by atoms with E-state index in [1.54, 1.807) is 0 Å². The summed E-state index contributed by atoms with van der Waals surface area (Å²) in [4.78, 5) is 0. The molecule has 0 radical (unpaired) electrons. The predicted molar refractivity (Wildman–Crippen MR) is 70.6 cm³/mol. The standard InChI is InChI=1S/C13H20BrN/c1-11(2)13-6-4-12(5-7-13)10-15-9-3-8-14/h4-7,11,15H,3,8-10H2,1-2H3. The van der Waals surface area contributed by atoms with Gasteiger partial charge in [-0.3, -0.25) is 0 Å². The highest BCUT2D eigenvalue weighted by Gasteiger charge is 1.98. The monoisotopic (exact) mass is 269 g/mol. The molecule has 1 nitrogen and oxygen atoms in total. The Labute approximate surface area is 101 Å². The first-order valence-corrected chi connectivity index (χ1v) is 6.71. The zero-order chi connectivity index (χ0) is 11.1. The van der Waals surface area contributed by atoms with Gasteiger partial charge in [0.2, 0.25) is 0 Å². The minimum Gasteiger partial charge on any atom is -0.313 e. The van der Waals surface area contributed by atoms with Crippen LogP contribution in [0, 0.1) is 0 Å². The normalized spacial score (nSPS) is 10.9. The molecule has 0 bridgehead atoms. The van der Waals surface area contributed by atoms with Crippen molar-refractivity contribution in [3.8, 4) is 0 Å². The number of nitrogens with one attached hydrogen (secondary N) is 1. The lowest BCUT2D eigenvalue weighted by Crippen LogP contribution is -2.14. The van der Waals surface area contributed by atoms with Crippen molar-refractivity contribution in [3.05, 3.63) is 35.4 Å². The molecule has 0 aromatic heterocycles. The summed E-state index contributed by atoms with van der Waals surface area (Å²) in [5.41, 5.74) is 2.79. The predicted octanol–water partition coefficient (Wildman–Crippen LogP) is 3.68. The van der Waals surface area contributed by atoms with Crippen molar-refractivity contribution < 1.29 is 0 Å². The van der Waals surface area contributed by atoms with Gasteiger partial charge < -0.3 is 5.32 Å². The molecule has 0 saturated carbocycles. The lowest BCUT2D eigenvalue weighted by molar-refractivity contribution is 0.679. The van der Waals surface area contributed by atoms with Crippen LogP contribution in [0.1, 0.15) is 37.3 Å². The molecule has 0 fully saturated rings. The lowest BCUT2D eigenvalue weighted by atomic mass is 10.0. The van der Waals surface area contributed by atoms with E-state index < -0.39 is 0 Å². The van der Waals surface area contributed by atoms with Crippen LogP contribution in [0.5, 0.6) is 0 Å². The highest BCUT2D eigenvalue weighted by atomic mass is 79.9. The van der Waals surface area contributed by atoms with Gasteiger partial charge in [-0.15, -0.1) is 0 Å². The second-order valence-corrected chi connectivity index (χ2v) is 4.91. The number of hydrogen-bond donors (Lipinski definition) is 1. The molecule has 0 aliphatic heterocycles. The Morgan fingerprint density at radius 2 is 1.87 bits per heavy atom. The summed E-state index contributed by atoms with van der Waals surface area (Å²) in [5, 5.41) is 4.50. The summed E-state index contributed by atoms with van der Waals surface area (Å²) in [6.45, 7) is 6.51. The van der Waals surface area contributed by atoms with Gasteiger partial charge in [0.1, 0.15) is 0 Å². The molecule has 1 aromatic carbocycles. The molecular weight excluding hydrogens is 250 g/mol. The molecule has 1 rings (SSSR count). The third-order valence-electron chi connectivity index (χ3n) is 2.46. The van der Waals surface area contributed by atoms with E-state index in [9.17, 15) is 0 Å². The van der Waals surface area contributed by atoms with Crippen molar-refractivity contribution in [3.63, 3.8) is 0 Å². The Morgan fingerprint density at radius 3 is 2.40 bits per heavy atom. The van der Waals surface area contributed by atoms with E-state index in [-0.39, 0.29) is 0 Å². The van der Waals surface area contributed by atoms with Gasteiger partial charge in [-0.1, -0.05) is 54.0 Å². The van der Waals surface area contributed by atoms with Crippen LogP contribution >= 0.6 is 15.9 Å². The quantitative estimate of drug-likeness (QED) is 0.614. The highest BCUT2D eigenvalue weighted by molar-refractivity contribution is 9.09. The van der Waals surface area contributed by atoms with Gasteiger partial charge >= 0.3 is 0 Å². The molecule has 15 heavy (non-hydrogen) atoms. The number of halogens is 1. The van der Waals surface area contributed by atoms with Crippen LogP contribution < -0.4 is 5.32 Å². The second-order valence-electron chi connectivity index (χ2n) is 4.12.